The average molecular weight is 280 g/mol. The van der Waals surface area contributed by atoms with Gasteiger partial charge in [0.15, 0.2) is 0 Å². The van der Waals surface area contributed by atoms with Gasteiger partial charge in [0.25, 0.3) is 5.91 Å². The van der Waals surface area contributed by atoms with Crippen LogP contribution in [0.5, 0.6) is 0 Å². The molecule has 1 N–H and O–H groups in total. The number of benzene rings is 2. The Morgan fingerprint density at radius 2 is 1.57 bits per heavy atom. The third-order valence-corrected chi connectivity index (χ3v) is 3.46. The van der Waals surface area contributed by atoms with Crippen LogP contribution in [0.4, 0.5) is 5.69 Å². The number of hydrogen-bond acceptors (Lipinski definition) is 2. The van der Waals surface area contributed by atoms with Crippen molar-refractivity contribution in [3.63, 3.8) is 0 Å². The molecule has 0 radical (unpaired) electrons. The van der Waals surface area contributed by atoms with Crippen LogP contribution in [0.2, 0.25) is 0 Å². The van der Waals surface area contributed by atoms with E-state index in [0.717, 1.165) is 22.4 Å². The summed E-state index contributed by atoms with van der Waals surface area (Å²) < 4.78 is 0. The second-order valence-electron chi connectivity index (χ2n) is 5.04. The number of hydrogen-bond donors (Lipinski definition) is 1. The molecule has 0 atom stereocenters. The number of carbonyl (C=O) groups is 1. The van der Waals surface area contributed by atoms with Crippen molar-refractivity contribution in [3.8, 4) is 0 Å². The quantitative estimate of drug-likeness (QED) is 0.933. The highest BCUT2D eigenvalue weighted by atomic mass is 16.1. The fourth-order valence-electron chi connectivity index (χ4n) is 2.20. The molecule has 3 heteroatoms. The van der Waals surface area contributed by atoms with Gasteiger partial charge in [-0.2, -0.15) is 0 Å². The van der Waals surface area contributed by atoms with Crippen molar-refractivity contribution in [3.05, 3.63) is 71.8 Å². The van der Waals surface area contributed by atoms with Crippen molar-refractivity contribution >= 4 is 17.2 Å². The maximum atomic E-state index is 12.0. The summed E-state index contributed by atoms with van der Waals surface area (Å²) >= 11 is 0. The van der Waals surface area contributed by atoms with Gasteiger partial charge in [-0.25, -0.2) is 0 Å². The summed E-state index contributed by atoms with van der Waals surface area (Å²) in [4.78, 5) is 14.0. The van der Waals surface area contributed by atoms with E-state index < -0.39 is 0 Å². The molecule has 0 aliphatic rings. The second-order valence-corrected chi connectivity index (χ2v) is 5.04. The Morgan fingerprint density at radius 1 is 1.00 bits per heavy atom. The Kier molecular flexibility index (Phi) is 4.43. The van der Waals surface area contributed by atoms with Crippen molar-refractivity contribution in [2.24, 2.45) is 0 Å². The van der Waals surface area contributed by atoms with E-state index in [9.17, 15) is 4.79 Å². The van der Waals surface area contributed by atoms with Gasteiger partial charge >= 0.3 is 0 Å². The molecule has 0 heterocycles. The SMILES string of the molecule is C=C(c1ccc(N(C)C)cc1)c1ccccc1C(=O)NC. The number of nitrogens with one attached hydrogen (secondary N) is 1. The molecule has 108 valence electrons. The van der Waals surface area contributed by atoms with Crippen molar-refractivity contribution in [2.45, 2.75) is 0 Å². The minimum atomic E-state index is -0.100. The third-order valence-electron chi connectivity index (χ3n) is 3.46. The molecule has 0 spiro atoms. The lowest BCUT2D eigenvalue weighted by Gasteiger charge is -2.15. The van der Waals surface area contributed by atoms with Crippen LogP contribution in [0, 0.1) is 0 Å². The van der Waals surface area contributed by atoms with E-state index in [1.165, 1.54) is 0 Å². The maximum absolute atomic E-state index is 12.0. The first-order valence-corrected chi connectivity index (χ1v) is 6.82. The zero-order valence-electron chi connectivity index (χ0n) is 12.7. The standard InChI is InChI=1S/C18H20N2O/c1-13(14-9-11-15(12-10-14)20(3)4)16-7-5-6-8-17(16)18(21)19-2/h5-12H,1H2,2-4H3,(H,19,21). The number of nitrogens with zero attached hydrogens (tertiary/aromatic N) is 1. The largest absolute Gasteiger partial charge is 0.378 e. The molecule has 0 fully saturated rings. The van der Waals surface area contributed by atoms with Crippen molar-refractivity contribution in [1.82, 2.24) is 5.32 Å². The van der Waals surface area contributed by atoms with Gasteiger partial charge in [0.1, 0.15) is 0 Å². The predicted molar refractivity (Wildman–Crippen MR) is 88.7 cm³/mol. The molecule has 2 aromatic rings. The van der Waals surface area contributed by atoms with Crippen LogP contribution >= 0.6 is 0 Å². The molecule has 0 saturated carbocycles. The lowest BCUT2D eigenvalue weighted by molar-refractivity contribution is 0.0963. The highest BCUT2D eigenvalue weighted by molar-refractivity contribution is 6.00. The van der Waals surface area contributed by atoms with Crippen molar-refractivity contribution in [2.75, 3.05) is 26.0 Å². The Labute approximate surface area is 125 Å². The number of amides is 1. The summed E-state index contributed by atoms with van der Waals surface area (Å²) in [5.74, 6) is -0.100. The van der Waals surface area contributed by atoms with Gasteiger partial charge in [-0.15, -0.1) is 0 Å². The summed E-state index contributed by atoms with van der Waals surface area (Å²) in [6.07, 6.45) is 0. The number of carbonyl (C=O) groups excluding carboxylic acids is 1. The first-order chi connectivity index (χ1) is 10.0. The molecule has 2 aromatic carbocycles. The third kappa shape index (κ3) is 3.14. The summed E-state index contributed by atoms with van der Waals surface area (Å²) in [5.41, 5.74) is 4.48. The van der Waals surface area contributed by atoms with Crippen LogP contribution in [0.1, 0.15) is 21.5 Å². The summed E-state index contributed by atoms with van der Waals surface area (Å²) in [6, 6.07) is 15.7. The van der Waals surface area contributed by atoms with Crippen LogP contribution < -0.4 is 10.2 Å². The predicted octanol–water partition coefficient (Wildman–Crippen LogP) is 3.17. The number of rotatable bonds is 4. The lowest BCUT2D eigenvalue weighted by Crippen LogP contribution is -2.19. The summed E-state index contributed by atoms with van der Waals surface area (Å²) in [5, 5.41) is 2.67. The van der Waals surface area contributed by atoms with Gasteiger partial charge in [0.2, 0.25) is 0 Å². The lowest BCUT2D eigenvalue weighted by atomic mass is 9.94. The molecule has 0 saturated heterocycles. The molecule has 0 aliphatic carbocycles. The second kappa shape index (κ2) is 6.27. The number of anilines is 1. The molecule has 0 aliphatic heterocycles. The van der Waals surface area contributed by atoms with E-state index >= 15 is 0 Å². The average Bonchev–Trinajstić information content (AvgIpc) is 2.53. The van der Waals surface area contributed by atoms with Crippen LogP contribution in [0.3, 0.4) is 0 Å². The Bertz CT molecular complexity index is 657. The van der Waals surface area contributed by atoms with Gasteiger partial charge in [0, 0.05) is 32.4 Å². The van der Waals surface area contributed by atoms with Crippen LogP contribution in [-0.2, 0) is 0 Å². The van der Waals surface area contributed by atoms with Gasteiger partial charge in [0.05, 0.1) is 0 Å². The topological polar surface area (TPSA) is 32.3 Å². The normalized spacial score (nSPS) is 10.0. The molecule has 2 rings (SSSR count). The van der Waals surface area contributed by atoms with E-state index in [1.807, 2.05) is 67.5 Å². The van der Waals surface area contributed by atoms with E-state index in [2.05, 4.69) is 11.9 Å². The van der Waals surface area contributed by atoms with Gasteiger partial charge in [-0.05, 0) is 34.9 Å². The Balaban J connectivity index is 2.38. The molecule has 21 heavy (non-hydrogen) atoms. The van der Waals surface area contributed by atoms with E-state index in [0.29, 0.717) is 5.56 Å². The minimum Gasteiger partial charge on any atom is -0.378 e. The van der Waals surface area contributed by atoms with Gasteiger partial charge in [-0.3, -0.25) is 4.79 Å². The molecule has 0 unspecified atom stereocenters. The fraction of sp³-hybridized carbons (Fsp3) is 0.167. The zero-order chi connectivity index (χ0) is 15.4. The molecule has 0 aromatic heterocycles. The summed E-state index contributed by atoms with van der Waals surface area (Å²) in [6.45, 7) is 4.15. The van der Waals surface area contributed by atoms with E-state index in [4.69, 9.17) is 0 Å². The van der Waals surface area contributed by atoms with E-state index in [-0.39, 0.29) is 5.91 Å². The molecule has 3 nitrogen and oxygen atoms in total. The Morgan fingerprint density at radius 3 is 2.10 bits per heavy atom. The minimum absolute atomic E-state index is 0.100. The smallest absolute Gasteiger partial charge is 0.251 e. The van der Waals surface area contributed by atoms with E-state index in [1.54, 1.807) is 7.05 Å². The Hall–Kier alpha value is -2.55. The first-order valence-electron chi connectivity index (χ1n) is 6.82. The van der Waals surface area contributed by atoms with Crippen molar-refractivity contribution in [1.29, 1.82) is 0 Å². The van der Waals surface area contributed by atoms with Crippen LogP contribution in [0.15, 0.2) is 55.1 Å². The first kappa shape index (κ1) is 14.9. The van der Waals surface area contributed by atoms with Crippen LogP contribution in [-0.4, -0.2) is 27.1 Å². The molecule has 1 amide bonds. The molecular weight excluding hydrogens is 260 g/mol. The maximum Gasteiger partial charge on any atom is 0.251 e. The van der Waals surface area contributed by atoms with Gasteiger partial charge in [-0.1, -0.05) is 36.9 Å². The van der Waals surface area contributed by atoms with Crippen LogP contribution in [0.25, 0.3) is 5.57 Å². The highest BCUT2D eigenvalue weighted by Gasteiger charge is 2.12. The zero-order valence-corrected chi connectivity index (χ0v) is 12.7. The molecular formula is C18H20N2O. The monoisotopic (exact) mass is 280 g/mol. The highest BCUT2D eigenvalue weighted by Crippen LogP contribution is 2.26. The van der Waals surface area contributed by atoms with Gasteiger partial charge < -0.3 is 10.2 Å². The molecule has 0 bridgehead atoms. The fourth-order valence-corrected chi connectivity index (χ4v) is 2.20. The summed E-state index contributed by atoms with van der Waals surface area (Å²) in [7, 11) is 5.64. The van der Waals surface area contributed by atoms with Crippen molar-refractivity contribution < 1.29 is 4.79 Å².